The molecule has 2 aromatic rings. The van der Waals surface area contributed by atoms with Gasteiger partial charge in [0.05, 0.1) is 31.6 Å². The molecule has 5 nitrogen and oxygen atoms in total. The van der Waals surface area contributed by atoms with Gasteiger partial charge in [-0.2, -0.15) is 5.10 Å². The quantitative estimate of drug-likeness (QED) is 0.907. The second-order valence-corrected chi connectivity index (χ2v) is 4.66. The number of aryl methyl sites for hydroxylation is 2. The van der Waals surface area contributed by atoms with E-state index in [2.05, 4.69) is 5.10 Å². The molecular weight excluding hydrogens is 256 g/mol. The summed E-state index contributed by atoms with van der Waals surface area (Å²) < 4.78 is 12.3. The van der Waals surface area contributed by atoms with Gasteiger partial charge in [0.15, 0.2) is 0 Å². The summed E-state index contributed by atoms with van der Waals surface area (Å²) in [6, 6.07) is 7.66. The molecule has 1 aromatic heterocycles. The van der Waals surface area contributed by atoms with E-state index in [1.165, 1.54) is 0 Å². The van der Waals surface area contributed by atoms with Crippen molar-refractivity contribution >= 4 is 0 Å². The number of aliphatic hydroxyl groups excluding tert-OH is 1. The molecule has 0 fully saturated rings. The first-order valence-corrected chi connectivity index (χ1v) is 6.46. The first-order valence-electron chi connectivity index (χ1n) is 6.46. The highest BCUT2D eigenvalue weighted by atomic mass is 16.5. The lowest BCUT2D eigenvalue weighted by molar-refractivity contribution is 0.171. The summed E-state index contributed by atoms with van der Waals surface area (Å²) >= 11 is 0. The number of nitrogens with zero attached hydrogens (tertiary/aromatic N) is 2. The van der Waals surface area contributed by atoms with Gasteiger partial charge >= 0.3 is 0 Å². The number of methoxy groups -OCH3 is 2. The number of rotatable bonds is 5. The van der Waals surface area contributed by atoms with Crippen molar-refractivity contribution in [3.8, 4) is 11.6 Å². The Morgan fingerprint density at radius 2 is 1.95 bits per heavy atom. The van der Waals surface area contributed by atoms with Gasteiger partial charge in [0, 0.05) is 13.5 Å². The molecule has 5 heteroatoms. The summed E-state index contributed by atoms with van der Waals surface area (Å²) in [5, 5.41) is 14.8. The zero-order valence-electron chi connectivity index (χ0n) is 12.3. The van der Waals surface area contributed by atoms with E-state index < -0.39 is 6.10 Å². The molecule has 1 N–H and O–H groups in total. The molecule has 0 radical (unpaired) electrons. The second kappa shape index (κ2) is 5.96. The third-order valence-corrected chi connectivity index (χ3v) is 3.35. The molecular formula is C15H20N2O3. The van der Waals surface area contributed by atoms with Crippen LogP contribution in [0.25, 0.3) is 0 Å². The number of para-hydroxylation sites is 1. The Bertz CT molecular complexity index is 593. The van der Waals surface area contributed by atoms with Crippen LogP contribution >= 0.6 is 0 Å². The van der Waals surface area contributed by atoms with Crippen molar-refractivity contribution in [3.05, 3.63) is 41.1 Å². The Balaban J connectivity index is 2.31. The number of aromatic nitrogens is 2. The Morgan fingerprint density at radius 3 is 2.60 bits per heavy atom. The molecule has 0 aliphatic heterocycles. The summed E-state index contributed by atoms with van der Waals surface area (Å²) in [7, 11) is 5.00. The van der Waals surface area contributed by atoms with E-state index in [-0.39, 0.29) is 0 Å². The molecule has 1 atom stereocenters. The Labute approximate surface area is 118 Å². The van der Waals surface area contributed by atoms with Gasteiger partial charge in [-0.25, -0.2) is 4.68 Å². The van der Waals surface area contributed by atoms with Gasteiger partial charge in [-0.15, -0.1) is 0 Å². The maximum absolute atomic E-state index is 10.5. The Hall–Kier alpha value is -2.01. The van der Waals surface area contributed by atoms with Crippen LogP contribution in [0.3, 0.4) is 0 Å². The summed E-state index contributed by atoms with van der Waals surface area (Å²) in [4.78, 5) is 0. The lowest BCUT2D eigenvalue weighted by Gasteiger charge is -2.14. The van der Waals surface area contributed by atoms with Gasteiger partial charge in [0.2, 0.25) is 5.88 Å². The van der Waals surface area contributed by atoms with Crippen LogP contribution in [0.5, 0.6) is 11.6 Å². The number of hydrogen-bond donors (Lipinski definition) is 1. The van der Waals surface area contributed by atoms with E-state index in [1.807, 2.05) is 31.2 Å². The molecule has 0 amide bonds. The van der Waals surface area contributed by atoms with Crippen molar-refractivity contribution < 1.29 is 14.6 Å². The highest BCUT2D eigenvalue weighted by Gasteiger charge is 2.22. The molecule has 2 rings (SSSR count). The molecule has 0 aliphatic carbocycles. The predicted molar refractivity (Wildman–Crippen MR) is 76.2 cm³/mol. The maximum Gasteiger partial charge on any atom is 0.217 e. The van der Waals surface area contributed by atoms with E-state index in [4.69, 9.17) is 9.47 Å². The maximum atomic E-state index is 10.5. The molecule has 0 saturated carbocycles. The van der Waals surface area contributed by atoms with Gasteiger partial charge in [0.1, 0.15) is 5.75 Å². The SMILES string of the molecule is COc1ccccc1CC(O)c1c(C)nn(C)c1OC. The monoisotopic (exact) mass is 276 g/mol. The van der Waals surface area contributed by atoms with Gasteiger partial charge < -0.3 is 14.6 Å². The Kier molecular flexibility index (Phi) is 4.29. The van der Waals surface area contributed by atoms with E-state index in [9.17, 15) is 5.11 Å². The van der Waals surface area contributed by atoms with Crippen LogP contribution in [0.4, 0.5) is 0 Å². The zero-order chi connectivity index (χ0) is 14.7. The molecule has 1 heterocycles. The van der Waals surface area contributed by atoms with Crippen LogP contribution < -0.4 is 9.47 Å². The van der Waals surface area contributed by atoms with Gasteiger partial charge in [-0.05, 0) is 18.6 Å². The third-order valence-electron chi connectivity index (χ3n) is 3.35. The lowest BCUT2D eigenvalue weighted by atomic mass is 10.0. The average Bonchev–Trinajstić information content (AvgIpc) is 2.73. The van der Waals surface area contributed by atoms with Crippen LogP contribution in [0.1, 0.15) is 22.9 Å². The summed E-state index contributed by atoms with van der Waals surface area (Å²) in [5.41, 5.74) is 2.44. The van der Waals surface area contributed by atoms with Gasteiger partial charge in [-0.3, -0.25) is 0 Å². The second-order valence-electron chi connectivity index (χ2n) is 4.66. The number of benzene rings is 1. The Morgan fingerprint density at radius 1 is 1.25 bits per heavy atom. The predicted octanol–water partition coefficient (Wildman–Crippen LogP) is 2.02. The minimum absolute atomic E-state index is 0.451. The van der Waals surface area contributed by atoms with Crippen molar-refractivity contribution in [1.82, 2.24) is 9.78 Å². The number of ether oxygens (including phenoxy) is 2. The van der Waals surface area contributed by atoms with E-state index in [0.717, 1.165) is 22.6 Å². The van der Waals surface area contributed by atoms with Crippen molar-refractivity contribution in [2.45, 2.75) is 19.4 Å². The smallest absolute Gasteiger partial charge is 0.217 e. The highest BCUT2D eigenvalue weighted by Crippen LogP contribution is 2.32. The molecule has 0 saturated heterocycles. The number of hydrogen-bond acceptors (Lipinski definition) is 4. The largest absolute Gasteiger partial charge is 0.496 e. The fourth-order valence-electron chi connectivity index (χ4n) is 2.46. The normalized spacial score (nSPS) is 12.2. The fourth-order valence-corrected chi connectivity index (χ4v) is 2.46. The zero-order valence-corrected chi connectivity index (χ0v) is 12.3. The van der Waals surface area contributed by atoms with Crippen LogP contribution in [-0.2, 0) is 13.5 Å². The topological polar surface area (TPSA) is 56.5 Å². The van der Waals surface area contributed by atoms with Gasteiger partial charge in [-0.1, -0.05) is 18.2 Å². The van der Waals surface area contributed by atoms with Crippen molar-refractivity contribution in [2.75, 3.05) is 14.2 Å². The molecule has 0 spiro atoms. The van der Waals surface area contributed by atoms with E-state index in [0.29, 0.717) is 12.3 Å². The standard InChI is InChI=1S/C15H20N2O3/c1-10-14(15(20-4)17(2)16-10)12(18)9-11-7-5-6-8-13(11)19-3/h5-8,12,18H,9H2,1-4H3. The van der Waals surface area contributed by atoms with Crippen LogP contribution in [-0.4, -0.2) is 29.1 Å². The van der Waals surface area contributed by atoms with Crippen LogP contribution in [0.2, 0.25) is 0 Å². The summed E-state index contributed by atoms with van der Waals surface area (Å²) in [5.74, 6) is 1.36. The molecule has 20 heavy (non-hydrogen) atoms. The first kappa shape index (κ1) is 14.4. The van der Waals surface area contributed by atoms with Crippen molar-refractivity contribution in [2.24, 2.45) is 7.05 Å². The highest BCUT2D eigenvalue weighted by molar-refractivity contribution is 5.38. The molecule has 108 valence electrons. The van der Waals surface area contributed by atoms with Crippen LogP contribution in [0, 0.1) is 6.92 Å². The molecule has 0 aliphatic rings. The average molecular weight is 276 g/mol. The minimum Gasteiger partial charge on any atom is -0.496 e. The van der Waals surface area contributed by atoms with E-state index >= 15 is 0 Å². The minimum atomic E-state index is -0.685. The summed E-state index contributed by atoms with van der Waals surface area (Å²) in [6.45, 7) is 1.86. The van der Waals surface area contributed by atoms with Crippen molar-refractivity contribution in [3.63, 3.8) is 0 Å². The molecule has 1 unspecified atom stereocenters. The molecule has 1 aromatic carbocycles. The first-order chi connectivity index (χ1) is 9.58. The number of aliphatic hydroxyl groups is 1. The third kappa shape index (κ3) is 2.63. The van der Waals surface area contributed by atoms with Gasteiger partial charge in [0.25, 0.3) is 0 Å². The summed E-state index contributed by atoms with van der Waals surface area (Å²) in [6.07, 6.45) is -0.234. The lowest BCUT2D eigenvalue weighted by Crippen LogP contribution is -2.06. The van der Waals surface area contributed by atoms with E-state index in [1.54, 1.807) is 25.9 Å². The molecule has 0 bridgehead atoms. The van der Waals surface area contributed by atoms with Crippen LogP contribution in [0.15, 0.2) is 24.3 Å². The van der Waals surface area contributed by atoms with Crippen molar-refractivity contribution in [1.29, 1.82) is 0 Å². The fraction of sp³-hybridized carbons (Fsp3) is 0.400.